The molecule has 0 fully saturated rings. The molecule has 1 aromatic carbocycles. The number of fused-ring (bicyclic) bond motifs is 1. The number of halogens is 1. The molecule has 0 spiro atoms. The molecule has 2 aromatic rings. The van der Waals surface area contributed by atoms with Gasteiger partial charge in [0.1, 0.15) is 5.75 Å². The van der Waals surface area contributed by atoms with E-state index in [2.05, 4.69) is 15.9 Å². The van der Waals surface area contributed by atoms with Crippen molar-refractivity contribution in [1.82, 2.24) is 0 Å². The molecule has 2 heterocycles. The van der Waals surface area contributed by atoms with E-state index < -0.39 is 0 Å². The lowest BCUT2D eigenvalue weighted by Crippen LogP contribution is -2.21. The molecule has 0 saturated carbocycles. The van der Waals surface area contributed by atoms with E-state index in [0.29, 0.717) is 23.5 Å². The van der Waals surface area contributed by atoms with E-state index >= 15 is 0 Å². The fraction of sp³-hybridized carbons (Fsp3) is 0.214. The van der Waals surface area contributed by atoms with Gasteiger partial charge in [0, 0.05) is 5.56 Å². The second kappa shape index (κ2) is 4.61. The van der Waals surface area contributed by atoms with E-state index in [1.807, 2.05) is 24.3 Å². The molecule has 1 aromatic heterocycles. The summed E-state index contributed by atoms with van der Waals surface area (Å²) in [5.74, 6) is 1.03. The molecular weight excluding hydrogens is 296 g/mol. The van der Waals surface area contributed by atoms with Crippen molar-refractivity contribution in [3.8, 4) is 5.75 Å². The van der Waals surface area contributed by atoms with Gasteiger partial charge in [-0.05, 0) is 40.5 Å². The zero-order valence-electron chi connectivity index (χ0n) is 9.56. The van der Waals surface area contributed by atoms with Gasteiger partial charge in [-0.15, -0.1) is 0 Å². The Labute approximate surface area is 113 Å². The van der Waals surface area contributed by atoms with Gasteiger partial charge in [0.15, 0.2) is 10.4 Å². The summed E-state index contributed by atoms with van der Waals surface area (Å²) in [6.45, 7) is 0.565. The Balaban J connectivity index is 1.96. The van der Waals surface area contributed by atoms with Crippen LogP contribution in [0, 0.1) is 0 Å². The maximum absolute atomic E-state index is 12.4. The van der Waals surface area contributed by atoms with E-state index in [1.54, 1.807) is 12.1 Å². The number of hydrogen-bond donors (Lipinski definition) is 0. The molecule has 18 heavy (non-hydrogen) atoms. The Hall–Kier alpha value is -1.55. The van der Waals surface area contributed by atoms with Crippen LogP contribution in [-0.2, 0) is 0 Å². The van der Waals surface area contributed by atoms with Crippen LogP contribution < -0.4 is 4.74 Å². The van der Waals surface area contributed by atoms with E-state index in [0.717, 1.165) is 11.3 Å². The minimum atomic E-state index is -0.173. The van der Waals surface area contributed by atoms with Crippen LogP contribution in [0.4, 0.5) is 0 Å². The number of ether oxygens (including phenoxy) is 1. The highest BCUT2D eigenvalue weighted by molar-refractivity contribution is 9.10. The summed E-state index contributed by atoms with van der Waals surface area (Å²) >= 11 is 3.21. The Morgan fingerprint density at radius 3 is 2.83 bits per heavy atom. The summed E-state index contributed by atoms with van der Waals surface area (Å²) in [4.78, 5) is 12.4. The van der Waals surface area contributed by atoms with E-state index in [-0.39, 0.29) is 11.7 Å². The van der Waals surface area contributed by atoms with Gasteiger partial charge in [0.05, 0.1) is 12.5 Å². The minimum Gasteiger partial charge on any atom is -0.493 e. The smallest absolute Gasteiger partial charge is 0.205 e. The largest absolute Gasteiger partial charge is 0.493 e. The monoisotopic (exact) mass is 306 g/mol. The molecule has 3 nitrogen and oxygen atoms in total. The van der Waals surface area contributed by atoms with Crippen LogP contribution in [-0.4, -0.2) is 12.4 Å². The molecule has 1 unspecified atom stereocenters. The molecular formula is C14H11BrO3. The van der Waals surface area contributed by atoms with Gasteiger partial charge in [-0.2, -0.15) is 0 Å². The number of carbonyl (C=O) groups excluding carboxylic acids is 1. The van der Waals surface area contributed by atoms with Crippen molar-refractivity contribution in [3.63, 3.8) is 0 Å². The van der Waals surface area contributed by atoms with E-state index in [1.165, 1.54) is 0 Å². The van der Waals surface area contributed by atoms with Crippen LogP contribution in [0.25, 0.3) is 0 Å². The molecule has 0 bridgehead atoms. The number of ketones is 1. The van der Waals surface area contributed by atoms with E-state index in [9.17, 15) is 4.79 Å². The summed E-state index contributed by atoms with van der Waals surface area (Å²) in [7, 11) is 0. The maximum atomic E-state index is 12.4. The number of hydrogen-bond acceptors (Lipinski definition) is 3. The predicted octanol–water partition coefficient (Wildman–Crippen LogP) is 3.79. The van der Waals surface area contributed by atoms with Crippen molar-refractivity contribution in [2.75, 3.05) is 6.61 Å². The van der Waals surface area contributed by atoms with Crippen molar-refractivity contribution >= 4 is 21.7 Å². The molecule has 0 amide bonds. The number of carbonyl (C=O) groups is 1. The molecule has 4 heteroatoms. The van der Waals surface area contributed by atoms with Crippen molar-refractivity contribution in [1.29, 1.82) is 0 Å². The predicted molar refractivity (Wildman–Crippen MR) is 70.0 cm³/mol. The molecule has 92 valence electrons. The summed E-state index contributed by atoms with van der Waals surface area (Å²) in [6.07, 6.45) is 0.689. The number of furan rings is 1. The highest BCUT2D eigenvalue weighted by Gasteiger charge is 2.29. The van der Waals surface area contributed by atoms with Crippen LogP contribution in [0.1, 0.15) is 28.5 Å². The van der Waals surface area contributed by atoms with Crippen LogP contribution in [0.2, 0.25) is 0 Å². The Morgan fingerprint density at radius 2 is 2.06 bits per heavy atom. The second-order valence-corrected chi connectivity index (χ2v) is 4.98. The quantitative estimate of drug-likeness (QED) is 0.792. The number of rotatable bonds is 2. The summed E-state index contributed by atoms with van der Waals surface area (Å²) < 4.78 is 11.5. The normalized spacial score (nSPS) is 17.9. The van der Waals surface area contributed by atoms with Gasteiger partial charge in [-0.25, -0.2) is 0 Å². The number of Topliss-reactive ketones (excluding diaryl/α,β-unsaturated/α-hetero) is 1. The van der Waals surface area contributed by atoms with Crippen molar-refractivity contribution in [3.05, 3.63) is 52.4 Å². The van der Waals surface area contributed by atoms with Gasteiger partial charge in [-0.1, -0.05) is 18.2 Å². The SMILES string of the molecule is O=C(c1ccc(Br)o1)C1CCOc2ccccc21. The maximum Gasteiger partial charge on any atom is 0.205 e. The van der Waals surface area contributed by atoms with Crippen LogP contribution in [0.5, 0.6) is 5.75 Å². The lowest BCUT2D eigenvalue weighted by Gasteiger charge is -2.24. The molecule has 1 aliphatic rings. The molecule has 3 rings (SSSR count). The van der Waals surface area contributed by atoms with E-state index in [4.69, 9.17) is 9.15 Å². The molecule has 0 saturated heterocycles. The first-order chi connectivity index (χ1) is 8.75. The molecule has 0 aliphatic carbocycles. The Morgan fingerprint density at radius 1 is 1.22 bits per heavy atom. The third-order valence-corrected chi connectivity index (χ3v) is 3.52. The number of benzene rings is 1. The van der Waals surface area contributed by atoms with Crippen LogP contribution >= 0.6 is 15.9 Å². The molecule has 1 aliphatic heterocycles. The van der Waals surface area contributed by atoms with Crippen molar-refractivity contribution in [2.45, 2.75) is 12.3 Å². The van der Waals surface area contributed by atoms with Crippen LogP contribution in [0.15, 0.2) is 45.5 Å². The van der Waals surface area contributed by atoms with Crippen molar-refractivity contribution in [2.24, 2.45) is 0 Å². The standard InChI is InChI=1S/C14H11BrO3/c15-13-6-5-12(18-13)14(16)10-7-8-17-11-4-2-1-3-9(10)11/h1-6,10H,7-8H2. The average molecular weight is 307 g/mol. The zero-order chi connectivity index (χ0) is 12.5. The zero-order valence-corrected chi connectivity index (χ0v) is 11.1. The van der Waals surface area contributed by atoms with Gasteiger partial charge in [0.25, 0.3) is 0 Å². The Kier molecular flexibility index (Phi) is 2.96. The first kappa shape index (κ1) is 11.5. The van der Waals surface area contributed by atoms with Gasteiger partial charge < -0.3 is 9.15 Å². The molecule has 1 atom stereocenters. The highest BCUT2D eigenvalue weighted by Crippen LogP contribution is 2.35. The summed E-state index contributed by atoms with van der Waals surface area (Å²) in [6, 6.07) is 11.1. The Bertz CT molecular complexity index is 588. The fourth-order valence-electron chi connectivity index (χ4n) is 2.23. The minimum absolute atomic E-state index is 0.0106. The first-order valence-electron chi connectivity index (χ1n) is 5.77. The first-order valence-corrected chi connectivity index (χ1v) is 6.56. The molecule has 0 radical (unpaired) electrons. The second-order valence-electron chi connectivity index (χ2n) is 4.20. The fourth-order valence-corrected chi connectivity index (χ4v) is 2.54. The topological polar surface area (TPSA) is 39.4 Å². The van der Waals surface area contributed by atoms with Crippen molar-refractivity contribution < 1.29 is 13.9 Å². The van der Waals surface area contributed by atoms with Gasteiger partial charge in [0.2, 0.25) is 5.78 Å². The molecule has 0 N–H and O–H groups in total. The van der Waals surface area contributed by atoms with Gasteiger partial charge >= 0.3 is 0 Å². The third-order valence-electron chi connectivity index (χ3n) is 3.09. The summed E-state index contributed by atoms with van der Waals surface area (Å²) in [5, 5.41) is 0. The van der Waals surface area contributed by atoms with Gasteiger partial charge in [-0.3, -0.25) is 4.79 Å². The third kappa shape index (κ3) is 1.97. The van der Waals surface area contributed by atoms with Crippen LogP contribution in [0.3, 0.4) is 0 Å². The summed E-state index contributed by atoms with van der Waals surface area (Å²) in [5.41, 5.74) is 0.946. The lowest BCUT2D eigenvalue weighted by atomic mass is 9.88. The lowest BCUT2D eigenvalue weighted by molar-refractivity contribution is 0.0904. The highest BCUT2D eigenvalue weighted by atomic mass is 79.9. The number of para-hydroxylation sites is 1. The average Bonchev–Trinajstić information content (AvgIpc) is 2.84.